The van der Waals surface area contributed by atoms with Crippen LogP contribution >= 0.6 is 0 Å². The fourth-order valence-corrected chi connectivity index (χ4v) is 1.25. The van der Waals surface area contributed by atoms with Gasteiger partial charge in [-0.1, -0.05) is 27.4 Å². The highest BCUT2D eigenvalue weighted by molar-refractivity contribution is 5.86. The van der Waals surface area contributed by atoms with E-state index in [1.54, 1.807) is 0 Å². The average molecular weight is 226 g/mol. The Hall–Kier alpha value is -1.32. The lowest BCUT2D eigenvalue weighted by atomic mass is 9.80. The molecule has 0 aromatic carbocycles. The molecule has 4 nitrogen and oxygen atoms in total. The number of carbonyl (C=O) groups is 2. The Labute approximate surface area is 97.5 Å². The first-order valence-corrected chi connectivity index (χ1v) is 5.42. The van der Waals surface area contributed by atoms with E-state index < -0.39 is 0 Å². The van der Waals surface area contributed by atoms with Gasteiger partial charge in [0.1, 0.15) is 0 Å². The molecule has 92 valence electrons. The quantitative estimate of drug-likeness (QED) is 0.689. The Kier molecular flexibility index (Phi) is 5.78. The Morgan fingerprint density at radius 1 is 1.25 bits per heavy atom. The van der Waals surface area contributed by atoms with Crippen molar-refractivity contribution >= 4 is 11.8 Å². The van der Waals surface area contributed by atoms with Gasteiger partial charge in [-0.15, -0.1) is 0 Å². The maximum absolute atomic E-state index is 11.1. The van der Waals surface area contributed by atoms with Gasteiger partial charge in [0, 0.05) is 20.0 Å². The molecule has 1 atom stereocenters. The first-order chi connectivity index (χ1) is 7.27. The van der Waals surface area contributed by atoms with Crippen LogP contribution < -0.4 is 10.6 Å². The molecule has 0 spiro atoms. The van der Waals surface area contributed by atoms with Crippen molar-refractivity contribution in [3.05, 3.63) is 12.7 Å². The minimum atomic E-state index is -0.183. The van der Waals surface area contributed by atoms with Gasteiger partial charge in [-0.25, -0.2) is 0 Å². The van der Waals surface area contributed by atoms with Crippen LogP contribution in [0.3, 0.4) is 0 Å². The van der Waals surface area contributed by atoms with Crippen LogP contribution in [0.1, 0.15) is 27.7 Å². The largest absolute Gasteiger partial charge is 0.356 e. The minimum absolute atomic E-state index is 0.0247. The first kappa shape index (κ1) is 14.7. The van der Waals surface area contributed by atoms with Gasteiger partial charge in [-0.05, 0) is 17.4 Å². The monoisotopic (exact) mass is 226 g/mol. The number of nitrogens with one attached hydrogen (secondary N) is 2. The molecule has 16 heavy (non-hydrogen) atoms. The van der Waals surface area contributed by atoms with Crippen molar-refractivity contribution in [1.29, 1.82) is 0 Å². The van der Waals surface area contributed by atoms with Gasteiger partial charge in [-0.2, -0.15) is 0 Å². The smallest absolute Gasteiger partial charge is 0.243 e. The van der Waals surface area contributed by atoms with Gasteiger partial charge in [0.15, 0.2) is 0 Å². The summed E-state index contributed by atoms with van der Waals surface area (Å²) in [6.45, 7) is 12.2. The molecule has 0 bridgehead atoms. The minimum Gasteiger partial charge on any atom is -0.356 e. The fraction of sp³-hybridized carbons (Fsp3) is 0.667. The Bertz CT molecular complexity index is 267. The Balaban J connectivity index is 4.27. The van der Waals surface area contributed by atoms with Crippen molar-refractivity contribution in [1.82, 2.24) is 10.6 Å². The zero-order chi connectivity index (χ0) is 12.8. The van der Waals surface area contributed by atoms with Gasteiger partial charge in [0.25, 0.3) is 0 Å². The lowest BCUT2D eigenvalue weighted by Crippen LogP contribution is -2.41. The molecule has 0 radical (unpaired) electrons. The number of amides is 2. The van der Waals surface area contributed by atoms with Crippen molar-refractivity contribution in [3.63, 3.8) is 0 Å². The maximum Gasteiger partial charge on any atom is 0.243 e. The molecule has 0 rings (SSSR count). The van der Waals surface area contributed by atoms with E-state index in [-0.39, 0.29) is 23.1 Å². The standard InChI is InChI=1S/C12H22N2O2/c1-6-11(16)14-8-10(12(3,4)5)7-13-9(2)15/h6,10H,1,7-8H2,2-5H3,(H,13,15)(H,14,16). The highest BCUT2D eigenvalue weighted by Gasteiger charge is 2.24. The van der Waals surface area contributed by atoms with Crippen LogP contribution in [0.15, 0.2) is 12.7 Å². The zero-order valence-corrected chi connectivity index (χ0v) is 10.6. The van der Waals surface area contributed by atoms with Crippen molar-refractivity contribution in [2.45, 2.75) is 27.7 Å². The molecule has 0 aromatic rings. The summed E-state index contributed by atoms with van der Waals surface area (Å²) in [5.74, 6) is -0.0401. The van der Waals surface area contributed by atoms with Crippen LogP contribution in [0.25, 0.3) is 0 Å². The summed E-state index contributed by atoms with van der Waals surface area (Å²) in [4.78, 5) is 21.9. The molecular formula is C12H22N2O2. The van der Waals surface area contributed by atoms with Gasteiger partial charge in [0.2, 0.25) is 11.8 Å². The molecule has 0 saturated heterocycles. The summed E-state index contributed by atoms with van der Waals surface area (Å²) < 4.78 is 0. The summed E-state index contributed by atoms with van der Waals surface area (Å²) in [7, 11) is 0. The molecule has 1 unspecified atom stereocenters. The number of rotatable bonds is 5. The first-order valence-electron chi connectivity index (χ1n) is 5.42. The molecule has 0 fully saturated rings. The lowest BCUT2D eigenvalue weighted by Gasteiger charge is -2.30. The third-order valence-electron chi connectivity index (χ3n) is 2.53. The van der Waals surface area contributed by atoms with Crippen molar-refractivity contribution in [2.24, 2.45) is 11.3 Å². The Morgan fingerprint density at radius 2 is 1.75 bits per heavy atom. The van der Waals surface area contributed by atoms with E-state index in [9.17, 15) is 9.59 Å². The van der Waals surface area contributed by atoms with Gasteiger partial charge < -0.3 is 10.6 Å². The van der Waals surface area contributed by atoms with Crippen molar-refractivity contribution < 1.29 is 9.59 Å². The van der Waals surface area contributed by atoms with Gasteiger partial charge in [0.05, 0.1) is 0 Å². The van der Waals surface area contributed by atoms with E-state index in [0.717, 1.165) is 0 Å². The third kappa shape index (κ3) is 6.22. The molecule has 2 amide bonds. The molecule has 0 aliphatic heterocycles. The maximum atomic E-state index is 11.1. The second-order valence-electron chi connectivity index (χ2n) is 4.95. The van der Waals surface area contributed by atoms with E-state index in [0.29, 0.717) is 13.1 Å². The SMILES string of the molecule is C=CC(=O)NCC(CNC(C)=O)C(C)(C)C. The highest BCUT2D eigenvalue weighted by Crippen LogP contribution is 2.24. The second-order valence-corrected chi connectivity index (χ2v) is 4.95. The lowest BCUT2D eigenvalue weighted by molar-refractivity contribution is -0.119. The molecule has 4 heteroatoms. The molecule has 0 aliphatic carbocycles. The van der Waals surface area contributed by atoms with Crippen LogP contribution in [-0.2, 0) is 9.59 Å². The predicted octanol–water partition coefficient (Wildman–Crippen LogP) is 1.09. The number of hydrogen-bond donors (Lipinski definition) is 2. The zero-order valence-electron chi connectivity index (χ0n) is 10.6. The van der Waals surface area contributed by atoms with E-state index in [1.165, 1.54) is 13.0 Å². The van der Waals surface area contributed by atoms with Crippen LogP contribution in [0.4, 0.5) is 0 Å². The van der Waals surface area contributed by atoms with Crippen molar-refractivity contribution in [2.75, 3.05) is 13.1 Å². The molecule has 0 aliphatic rings. The van der Waals surface area contributed by atoms with Crippen molar-refractivity contribution in [3.8, 4) is 0 Å². The highest BCUT2D eigenvalue weighted by atomic mass is 16.2. The summed E-state index contributed by atoms with van der Waals surface area (Å²) in [6.07, 6.45) is 1.25. The summed E-state index contributed by atoms with van der Waals surface area (Å²) in [6, 6.07) is 0. The van der Waals surface area contributed by atoms with Crippen LogP contribution in [0.2, 0.25) is 0 Å². The molecule has 2 N–H and O–H groups in total. The van der Waals surface area contributed by atoms with Crippen LogP contribution in [0, 0.1) is 11.3 Å². The average Bonchev–Trinajstić information content (AvgIpc) is 2.14. The van der Waals surface area contributed by atoms with Gasteiger partial charge in [-0.3, -0.25) is 9.59 Å². The summed E-state index contributed by atoms with van der Waals surface area (Å²) in [5, 5.41) is 5.53. The summed E-state index contributed by atoms with van der Waals surface area (Å²) >= 11 is 0. The molecule has 0 saturated carbocycles. The van der Waals surface area contributed by atoms with Crippen LogP contribution in [-0.4, -0.2) is 24.9 Å². The predicted molar refractivity (Wildman–Crippen MR) is 64.8 cm³/mol. The summed E-state index contributed by atoms with van der Waals surface area (Å²) in [5.41, 5.74) is 0.0247. The van der Waals surface area contributed by atoms with E-state index in [1.807, 2.05) is 0 Å². The molecule has 0 aromatic heterocycles. The van der Waals surface area contributed by atoms with E-state index in [2.05, 4.69) is 38.0 Å². The second kappa shape index (κ2) is 6.30. The van der Waals surface area contributed by atoms with E-state index in [4.69, 9.17) is 0 Å². The van der Waals surface area contributed by atoms with Crippen LogP contribution in [0.5, 0.6) is 0 Å². The number of carbonyl (C=O) groups excluding carboxylic acids is 2. The normalized spacial score (nSPS) is 12.8. The number of hydrogen-bond acceptors (Lipinski definition) is 2. The van der Waals surface area contributed by atoms with Gasteiger partial charge >= 0.3 is 0 Å². The fourth-order valence-electron chi connectivity index (χ4n) is 1.25. The Morgan fingerprint density at radius 3 is 2.12 bits per heavy atom. The third-order valence-corrected chi connectivity index (χ3v) is 2.53. The van der Waals surface area contributed by atoms with E-state index >= 15 is 0 Å². The molecule has 0 heterocycles. The molecular weight excluding hydrogens is 204 g/mol. The topological polar surface area (TPSA) is 58.2 Å².